The summed E-state index contributed by atoms with van der Waals surface area (Å²) >= 11 is 6.84. The summed E-state index contributed by atoms with van der Waals surface area (Å²) in [4.78, 5) is 39.2. The second kappa shape index (κ2) is 13.5. The van der Waals surface area contributed by atoms with Gasteiger partial charge in [-0.05, 0) is 59.3 Å². The summed E-state index contributed by atoms with van der Waals surface area (Å²) < 4.78 is 39.4. The van der Waals surface area contributed by atoms with Crippen LogP contribution < -0.4 is 15.6 Å². The van der Waals surface area contributed by atoms with E-state index in [2.05, 4.69) is 35.6 Å². The Kier molecular flexibility index (Phi) is 9.57. The minimum Gasteiger partial charge on any atom is -0.338 e. The molecule has 4 aromatic rings. The van der Waals surface area contributed by atoms with Crippen molar-refractivity contribution in [1.82, 2.24) is 20.3 Å². The van der Waals surface area contributed by atoms with Gasteiger partial charge < -0.3 is 10.2 Å². The van der Waals surface area contributed by atoms with Gasteiger partial charge in [0.05, 0.1) is 22.4 Å². The fourth-order valence-corrected chi connectivity index (χ4v) is 5.85. The lowest BCUT2D eigenvalue weighted by Gasteiger charge is -2.34. The number of nitrogens with zero attached hydrogens (tertiary/aromatic N) is 5. The van der Waals surface area contributed by atoms with Crippen LogP contribution in [0, 0.1) is 6.92 Å². The van der Waals surface area contributed by atoms with Crippen molar-refractivity contribution in [3.63, 3.8) is 0 Å². The molecule has 9 nitrogen and oxygen atoms in total. The summed E-state index contributed by atoms with van der Waals surface area (Å²) in [6, 6.07) is 12.4. The number of hydrogen-bond acceptors (Lipinski definition) is 8. The van der Waals surface area contributed by atoms with Gasteiger partial charge in [-0.2, -0.15) is 18.3 Å². The van der Waals surface area contributed by atoms with Crippen LogP contribution in [0.5, 0.6) is 0 Å². The molecule has 1 aliphatic rings. The minimum atomic E-state index is -4.63. The number of anilines is 2. The van der Waals surface area contributed by atoms with Gasteiger partial charge in [0.15, 0.2) is 0 Å². The second-order valence-corrected chi connectivity index (χ2v) is 11.3. The molecule has 1 saturated heterocycles. The quantitative estimate of drug-likeness (QED) is 0.185. The monoisotopic (exact) mass is 641 g/mol. The molecule has 0 unspecified atom stereocenters. The van der Waals surface area contributed by atoms with Crippen LogP contribution in [0.1, 0.15) is 43.0 Å². The highest BCUT2D eigenvalue weighted by atomic mass is 35.5. The molecule has 228 valence electrons. The van der Waals surface area contributed by atoms with Gasteiger partial charge in [-0.15, -0.1) is 11.3 Å². The zero-order valence-corrected chi connectivity index (χ0v) is 25.0. The third-order valence-corrected chi connectivity index (χ3v) is 8.25. The van der Waals surface area contributed by atoms with E-state index in [1.165, 1.54) is 17.4 Å². The number of halogens is 4. The fraction of sp³-hybridized carbons (Fsp3) is 0.233. The van der Waals surface area contributed by atoms with Crippen molar-refractivity contribution in [1.29, 1.82) is 0 Å². The number of benzene rings is 2. The highest BCUT2D eigenvalue weighted by Crippen LogP contribution is 2.35. The van der Waals surface area contributed by atoms with E-state index in [0.29, 0.717) is 22.7 Å². The average Bonchev–Trinajstić information content (AvgIpc) is 3.37. The van der Waals surface area contributed by atoms with Gasteiger partial charge in [0.25, 0.3) is 11.8 Å². The number of hydrogen-bond donors (Lipinski definition) is 2. The molecule has 1 aliphatic heterocycles. The standard InChI is InChI=1S/C30H27ClF3N7O2S/c1-19-18-44-28(25(19)27(43)39-37-16-20-6-7-24(31)23(15-20)30(32,33)34)38-26(42)22-5-2-4-21(14-22)17-40-10-12-41(13-11-40)29-35-8-3-9-36-29/h2-9,14-16,18H,10-13,17H2,1H3,(H,38,42)(H,39,43)/b37-16+. The van der Waals surface area contributed by atoms with Crippen LogP contribution in [0.25, 0.3) is 0 Å². The topological polar surface area (TPSA) is 103 Å². The van der Waals surface area contributed by atoms with E-state index in [1.807, 2.05) is 18.2 Å². The van der Waals surface area contributed by atoms with E-state index in [1.54, 1.807) is 36.8 Å². The fourth-order valence-electron chi connectivity index (χ4n) is 4.69. The number of nitrogens with one attached hydrogen (secondary N) is 2. The molecule has 0 spiro atoms. The Bertz CT molecular complexity index is 1670. The van der Waals surface area contributed by atoms with Crippen molar-refractivity contribution in [2.45, 2.75) is 19.6 Å². The number of aryl methyl sites for hydroxylation is 1. The summed E-state index contributed by atoms with van der Waals surface area (Å²) in [7, 11) is 0. The number of amides is 2. The smallest absolute Gasteiger partial charge is 0.338 e. The van der Waals surface area contributed by atoms with Gasteiger partial charge in [0, 0.05) is 50.7 Å². The van der Waals surface area contributed by atoms with Gasteiger partial charge in [-0.3, -0.25) is 14.5 Å². The van der Waals surface area contributed by atoms with Crippen molar-refractivity contribution in [3.8, 4) is 0 Å². The zero-order chi connectivity index (χ0) is 31.3. The number of carbonyl (C=O) groups is 2. The molecule has 0 bridgehead atoms. The first-order valence-corrected chi connectivity index (χ1v) is 14.8. The SMILES string of the molecule is Cc1csc(NC(=O)c2cccc(CN3CCN(c4ncccn4)CC3)c2)c1C(=O)N/N=C/c1ccc(Cl)c(C(F)(F)F)c1. The van der Waals surface area contributed by atoms with E-state index < -0.39 is 22.7 Å². The third kappa shape index (κ3) is 7.59. The van der Waals surface area contributed by atoms with E-state index in [0.717, 1.165) is 56.0 Å². The summed E-state index contributed by atoms with van der Waals surface area (Å²) in [6.45, 7) is 5.63. The lowest BCUT2D eigenvalue weighted by Crippen LogP contribution is -2.46. The highest BCUT2D eigenvalue weighted by molar-refractivity contribution is 7.15. The maximum Gasteiger partial charge on any atom is 0.417 e. The van der Waals surface area contributed by atoms with Crippen LogP contribution >= 0.6 is 22.9 Å². The van der Waals surface area contributed by atoms with Crippen LogP contribution in [0.15, 0.2) is 71.4 Å². The Morgan fingerprint density at radius 1 is 1.05 bits per heavy atom. The summed E-state index contributed by atoms with van der Waals surface area (Å²) in [6.07, 6.45) is -0.0793. The first kappa shape index (κ1) is 31.1. The number of thiophene rings is 1. The molecule has 2 aromatic heterocycles. The number of hydrazone groups is 1. The molecule has 0 radical (unpaired) electrons. The molecular formula is C30H27ClF3N7O2S. The number of carbonyl (C=O) groups excluding carboxylic acids is 2. The number of alkyl halides is 3. The van der Waals surface area contributed by atoms with E-state index in [9.17, 15) is 22.8 Å². The molecule has 0 aliphatic carbocycles. The summed E-state index contributed by atoms with van der Waals surface area (Å²) in [5.74, 6) is -0.275. The number of piperazine rings is 1. The van der Waals surface area contributed by atoms with Crippen LogP contribution in [-0.4, -0.2) is 59.1 Å². The summed E-state index contributed by atoms with van der Waals surface area (Å²) in [5.41, 5.74) is 3.67. The van der Waals surface area contributed by atoms with E-state index in [-0.39, 0.29) is 17.0 Å². The molecule has 0 atom stereocenters. The molecule has 2 amide bonds. The first-order valence-electron chi connectivity index (χ1n) is 13.5. The van der Waals surface area contributed by atoms with E-state index >= 15 is 0 Å². The molecule has 2 aromatic carbocycles. The van der Waals surface area contributed by atoms with Gasteiger partial charge in [0.2, 0.25) is 5.95 Å². The predicted molar refractivity (Wildman–Crippen MR) is 164 cm³/mol. The Morgan fingerprint density at radius 3 is 2.52 bits per heavy atom. The van der Waals surface area contributed by atoms with Gasteiger partial charge in [0.1, 0.15) is 5.00 Å². The van der Waals surface area contributed by atoms with Crippen molar-refractivity contribution in [2.75, 3.05) is 36.4 Å². The molecule has 2 N–H and O–H groups in total. The predicted octanol–water partition coefficient (Wildman–Crippen LogP) is 5.86. The third-order valence-electron chi connectivity index (χ3n) is 6.91. The van der Waals surface area contributed by atoms with Gasteiger partial charge in [-0.25, -0.2) is 15.4 Å². The van der Waals surface area contributed by atoms with Crippen molar-refractivity contribution < 1.29 is 22.8 Å². The molecule has 0 saturated carbocycles. The number of rotatable bonds is 8. The molecular weight excluding hydrogens is 615 g/mol. The Labute approximate surface area is 260 Å². The average molecular weight is 642 g/mol. The highest BCUT2D eigenvalue weighted by Gasteiger charge is 2.33. The van der Waals surface area contributed by atoms with E-state index in [4.69, 9.17) is 11.6 Å². The zero-order valence-electron chi connectivity index (χ0n) is 23.4. The van der Waals surface area contributed by atoms with Crippen LogP contribution in [0.4, 0.5) is 24.1 Å². The van der Waals surface area contributed by atoms with Crippen molar-refractivity contribution in [3.05, 3.63) is 105 Å². The maximum atomic E-state index is 13.2. The second-order valence-electron chi connectivity index (χ2n) is 10.0. The van der Waals surface area contributed by atoms with Gasteiger partial charge in [-0.1, -0.05) is 29.8 Å². The Hall–Kier alpha value is -4.33. The lowest BCUT2D eigenvalue weighted by atomic mass is 10.1. The molecule has 3 heterocycles. The Morgan fingerprint density at radius 2 is 1.80 bits per heavy atom. The van der Waals surface area contributed by atoms with Crippen molar-refractivity contribution >= 4 is 51.9 Å². The molecule has 5 rings (SSSR count). The number of aromatic nitrogens is 2. The maximum absolute atomic E-state index is 13.2. The molecule has 14 heteroatoms. The minimum absolute atomic E-state index is 0.101. The lowest BCUT2D eigenvalue weighted by molar-refractivity contribution is -0.137. The normalized spacial score (nSPS) is 14.2. The van der Waals surface area contributed by atoms with Crippen molar-refractivity contribution in [2.24, 2.45) is 5.10 Å². The first-order chi connectivity index (χ1) is 21.1. The van der Waals surface area contributed by atoms with Crippen LogP contribution in [-0.2, 0) is 12.7 Å². The van der Waals surface area contributed by atoms with Crippen LogP contribution in [0.2, 0.25) is 5.02 Å². The molecule has 1 fully saturated rings. The molecule has 44 heavy (non-hydrogen) atoms. The summed E-state index contributed by atoms with van der Waals surface area (Å²) in [5, 5.41) is 8.23. The van der Waals surface area contributed by atoms with Gasteiger partial charge >= 0.3 is 6.18 Å². The largest absolute Gasteiger partial charge is 0.417 e. The Balaban J connectivity index is 1.19. The van der Waals surface area contributed by atoms with Crippen LogP contribution in [0.3, 0.4) is 0 Å².